The molecule has 4 aromatic carbocycles. The molecule has 4 atom stereocenters. The molecule has 0 bridgehead atoms. The van der Waals surface area contributed by atoms with Gasteiger partial charge in [0.25, 0.3) is 0 Å². The first kappa shape index (κ1) is 48.2. The Labute approximate surface area is 378 Å². The zero-order valence-electron chi connectivity index (χ0n) is 36.3. The summed E-state index contributed by atoms with van der Waals surface area (Å²) in [6.07, 6.45) is 0.132. The maximum absolute atomic E-state index is 14.9. The fourth-order valence-corrected chi connectivity index (χ4v) is 9.77. The van der Waals surface area contributed by atoms with E-state index in [0.29, 0.717) is 12.8 Å². The third-order valence-electron chi connectivity index (χ3n) is 10.3. The molecule has 1 saturated heterocycles. The standard InChI is InChI=1S/C48H57N5O8S2/c1-33(54)49-32-62-30-40(45(58)60-5)51-42(55)38(29-34-19-10-6-11-20-34)50-43(56)41-27-18-28-53(41)44(57)39(52-46(59)61-47(2,3)4)31-63-48(35-21-12-7-13-22-35,36-23-14-8-15-24-36)37-25-16-9-17-26-37/h6-17,19-26,38-41H,18,27-32H2,1-5H3,(H,49,54)(H,50,56)(H,51,55)(H,52,59)/t38-,39-,40-,41+/m0/s1. The first-order chi connectivity index (χ1) is 30.2. The zero-order chi connectivity index (χ0) is 45.4. The first-order valence-corrected chi connectivity index (χ1v) is 23.0. The zero-order valence-corrected chi connectivity index (χ0v) is 38.0. The number of hydrogen-bond acceptors (Lipinski definition) is 10. The molecule has 0 unspecified atom stereocenters. The van der Waals surface area contributed by atoms with Crippen molar-refractivity contribution in [2.75, 3.05) is 31.0 Å². The van der Waals surface area contributed by atoms with Crippen LogP contribution in [0.3, 0.4) is 0 Å². The van der Waals surface area contributed by atoms with Gasteiger partial charge < -0.3 is 35.6 Å². The number of ether oxygens (including phenoxy) is 2. The normalized spacial score (nSPS) is 15.3. The second-order valence-corrected chi connectivity index (χ2v) is 18.3. The molecule has 0 aliphatic carbocycles. The second kappa shape index (κ2) is 23.0. The molecular weight excluding hydrogens is 839 g/mol. The van der Waals surface area contributed by atoms with E-state index in [1.165, 1.54) is 42.5 Å². The highest BCUT2D eigenvalue weighted by atomic mass is 32.2. The van der Waals surface area contributed by atoms with Crippen LogP contribution in [-0.2, 0) is 44.6 Å². The number of esters is 1. The molecule has 63 heavy (non-hydrogen) atoms. The van der Waals surface area contributed by atoms with Gasteiger partial charge in [-0.15, -0.1) is 23.5 Å². The van der Waals surface area contributed by atoms with E-state index >= 15 is 0 Å². The Morgan fingerprint density at radius 2 is 1.25 bits per heavy atom. The number of carbonyl (C=O) groups is 6. The lowest BCUT2D eigenvalue weighted by Gasteiger charge is -2.37. The molecule has 1 aliphatic heterocycles. The Morgan fingerprint density at radius 3 is 1.76 bits per heavy atom. The van der Waals surface area contributed by atoms with Gasteiger partial charge in [-0.1, -0.05) is 121 Å². The van der Waals surface area contributed by atoms with Crippen molar-refractivity contribution < 1.29 is 38.2 Å². The maximum atomic E-state index is 14.9. The van der Waals surface area contributed by atoms with Crippen LogP contribution in [0.4, 0.5) is 4.79 Å². The third-order valence-corrected chi connectivity index (χ3v) is 12.8. The van der Waals surface area contributed by atoms with Gasteiger partial charge in [-0.25, -0.2) is 9.59 Å². The number of hydrogen-bond donors (Lipinski definition) is 4. The van der Waals surface area contributed by atoms with Gasteiger partial charge in [0, 0.05) is 31.4 Å². The molecule has 13 nitrogen and oxygen atoms in total. The van der Waals surface area contributed by atoms with Crippen molar-refractivity contribution in [1.29, 1.82) is 0 Å². The Balaban J connectivity index is 1.44. The van der Waals surface area contributed by atoms with Crippen LogP contribution in [0.15, 0.2) is 121 Å². The summed E-state index contributed by atoms with van der Waals surface area (Å²) in [5.74, 6) is -2.18. The average Bonchev–Trinajstić information content (AvgIpc) is 3.78. The largest absolute Gasteiger partial charge is 0.467 e. The summed E-state index contributed by atoms with van der Waals surface area (Å²) in [6.45, 7) is 6.83. The van der Waals surface area contributed by atoms with Crippen LogP contribution < -0.4 is 21.3 Å². The predicted octanol–water partition coefficient (Wildman–Crippen LogP) is 5.81. The minimum atomic E-state index is -1.14. The summed E-state index contributed by atoms with van der Waals surface area (Å²) in [7, 11) is 1.21. The van der Waals surface area contributed by atoms with E-state index in [1.54, 1.807) is 20.8 Å². The number of alkyl carbamates (subject to hydrolysis) is 1. The molecular formula is C48H57N5O8S2. The topological polar surface area (TPSA) is 172 Å². The van der Waals surface area contributed by atoms with Gasteiger partial charge in [0.2, 0.25) is 23.6 Å². The minimum absolute atomic E-state index is 0.0893. The summed E-state index contributed by atoms with van der Waals surface area (Å²) in [5, 5.41) is 11.1. The summed E-state index contributed by atoms with van der Waals surface area (Å²) in [6, 6.07) is 34.8. The molecule has 0 aromatic heterocycles. The number of nitrogens with one attached hydrogen (secondary N) is 4. The van der Waals surface area contributed by atoms with E-state index in [9.17, 15) is 28.8 Å². The molecule has 4 N–H and O–H groups in total. The Kier molecular flexibility index (Phi) is 17.6. The first-order valence-electron chi connectivity index (χ1n) is 20.9. The van der Waals surface area contributed by atoms with Crippen LogP contribution in [0.25, 0.3) is 0 Å². The van der Waals surface area contributed by atoms with Gasteiger partial charge in [0.05, 0.1) is 17.7 Å². The Hall–Kier alpha value is -5.80. The van der Waals surface area contributed by atoms with Crippen molar-refractivity contribution >= 4 is 59.2 Å². The predicted molar refractivity (Wildman–Crippen MR) is 247 cm³/mol. The Morgan fingerprint density at radius 1 is 0.714 bits per heavy atom. The molecule has 5 amide bonds. The SMILES string of the molecule is COC(=O)[C@H](CSCNC(C)=O)NC(=O)[C@H](Cc1ccccc1)NC(=O)[C@H]1CCCN1C(=O)[C@H](CSC(c1ccccc1)(c1ccccc1)c1ccccc1)NC(=O)OC(C)(C)C. The van der Waals surface area contributed by atoms with E-state index in [4.69, 9.17) is 9.47 Å². The van der Waals surface area contributed by atoms with Crippen LogP contribution in [0.2, 0.25) is 0 Å². The van der Waals surface area contributed by atoms with E-state index < -0.39 is 64.3 Å². The quantitative estimate of drug-likeness (QED) is 0.0390. The lowest BCUT2D eigenvalue weighted by Crippen LogP contribution is -2.58. The molecule has 0 radical (unpaired) electrons. The molecule has 4 aromatic rings. The fourth-order valence-electron chi connectivity index (χ4n) is 7.34. The highest BCUT2D eigenvalue weighted by Crippen LogP contribution is 2.48. The van der Waals surface area contributed by atoms with Crippen LogP contribution in [0, 0.1) is 0 Å². The van der Waals surface area contributed by atoms with Gasteiger partial charge in [-0.3, -0.25) is 19.2 Å². The van der Waals surface area contributed by atoms with Gasteiger partial charge in [0.1, 0.15) is 29.8 Å². The number of thioether (sulfide) groups is 2. The molecule has 334 valence electrons. The van der Waals surface area contributed by atoms with Crippen LogP contribution in [-0.4, -0.2) is 101 Å². The van der Waals surface area contributed by atoms with E-state index in [2.05, 4.69) is 21.3 Å². The lowest BCUT2D eigenvalue weighted by molar-refractivity contribution is -0.145. The van der Waals surface area contributed by atoms with Crippen molar-refractivity contribution in [2.45, 2.75) is 81.5 Å². The van der Waals surface area contributed by atoms with Gasteiger partial charge in [0.15, 0.2) is 0 Å². The number of carbonyl (C=O) groups excluding carboxylic acids is 6. The van der Waals surface area contributed by atoms with Crippen molar-refractivity contribution in [1.82, 2.24) is 26.2 Å². The van der Waals surface area contributed by atoms with Gasteiger partial charge in [-0.2, -0.15) is 0 Å². The number of likely N-dealkylation sites (tertiary alicyclic amines) is 1. The number of amides is 5. The monoisotopic (exact) mass is 895 g/mol. The molecule has 15 heteroatoms. The molecule has 0 saturated carbocycles. The summed E-state index contributed by atoms with van der Waals surface area (Å²) < 4.78 is 9.81. The van der Waals surface area contributed by atoms with E-state index in [0.717, 1.165) is 22.3 Å². The van der Waals surface area contributed by atoms with Crippen LogP contribution in [0.5, 0.6) is 0 Å². The highest BCUT2D eigenvalue weighted by molar-refractivity contribution is 8.00. The average molecular weight is 896 g/mol. The van der Waals surface area contributed by atoms with Gasteiger partial charge in [-0.05, 0) is 55.9 Å². The number of rotatable bonds is 19. The number of methoxy groups -OCH3 is 1. The van der Waals surface area contributed by atoms with Crippen LogP contribution in [0.1, 0.15) is 62.8 Å². The maximum Gasteiger partial charge on any atom is 0.408 e. The number of nitrogens with zero attached hydrogens (tertiary/aromatic N) is 1. The third kappa shape index (κ3) is 13.6. The number of benzene rings is 4. The smallest absolute Gasteiger partial charge is 0.408 e. The van der Waals surface area contributed by atoms with Crippen LogP contribution >= 0.6 is 23.5 Å². The van der Waals surface area contributed by atoms with Crippen molar-refractivity contribution in [3.63, 3.8) is 0 Å². The van der Waals surface area contributed by atoms with Crippen molar-refractivity contribution in [2.24, 2.45) is 0 Å². The fraction of sp³-hybridized carbons (Fsp3) is 0.375. The van der Waals surface area contributed by atoms with E-state index in [-0.39, 0.29) is 36.3 Å². The highest BCUT2D eigenvalue weighted by Gasteiger charge is 2.43. The minimum Gasteiger partial charge on any atom is -0.467 e. The van der Waals surface area contributed by atoms with E-state index in [1.807, 2.05) is 121 Å². The molecule has 0 spiro atoms. The summed E-state index contributed by atoms with van der Waals surface area (Å²) >= 11 is 2.72. The van der Waals surface area contributed by atoms with Crippen molar-refractivity contribution in [3.8, 4) is 0 Å². The molecule has 1 heterocycles. The summed E-state index contributed by atoms with van der Waals surface area (Å²) in [5.41, 5.74) is 2.81. The molecule has 1 fully saturated rings. The molecule has 1 aliphatic rings. The summed E-state index contributed by atoms with van der Waals surface area (Å²) in [4.78, 5) is 82.4. The Bertz CT molecular complexity index is 2050. The molecule has 5 rings (SSSR count). The lowest BCUT2D eigenvalue weighted by atomic mass is 9.84. The van der Waals surface area contributed by atoms with Crippen molar-refractivity contribution in [3.05, 3.63) is 144 Å². The second-order valence-electron chi connectivity index (χ2n) is 16.1. The van der Waals surface area contributed by atoms with Gasteiger partial charge >= 0.3 is 12.1 Å².